The molecule has 0 aliphatic carbocycles. The Balaban J connectivity index is 0.00000155. The summed E-state index contributed by atoms with van der Waals surface area (Å²) in [6, 6.07) is 23.0. The highest BCUT2D eigenvalue weighted by molar-refractivity contribution is 7.80. The van der Waals surface area contributed by atoms with Crippen molar-refractivity contribution in [1.29, 1.82) is 5.26 Å². The summed E-state index contributed by atoms with van der Waals surface area (Å²) in [5.74, 6) is 0.897. The van der Waals surface area contributed by atoms with Crippen LogP contribution in [0.4, 0.5) is 11.5 Å². The van der Waals surface area contributed by atoms with E-state index in [1.165, 1.54) is 13.0 Å². The largest absolute Gasteiger partial charge is 0.462 e. The predicted molar refractivity (Wildman–Crippen MR) is 214 cm³/mol. The number of nitrogens with zero attached hydrogens (tertiary/aromatic N) is 7. The predicted octanol–water partition coefficient (Wildman–Crippen LogP) is 6.95. The maximum atomic E-state index is 12.3. The van der Waals surface area contributed by atoms with Crippen LogP contribution >= 0.6 is 24.2 Å². The number of piperazine rings is 1. The van der Waals surface area contributed by atoms with Crippen LogP contribution in [0.15, 0.2) is 78.2 Å². The minimum absolute atomic E-state index is 0.0289. The molecule has 3 aliphatic heterocycles. The molecule has 3 aromatic carbocycles. The first kappa shape index (κ1) is 38.4. The van der Waals surface area contributed by atoms with E-state index in [2.05, 4.69) is 64.2 Å². The molecule has 53 heavy (non-hydrogen) atoms. The number of likely N-dealkylation sites (tertiary alicyclic amines) is 1. The van der Waals surface area contributed by atoms with Crippen molar-refractivity contribution >= 4 is 52.4 Å². The number of carbonyl (C=O) groups excluding carboxylic acids is 1. The molecule has 0 radical (unpaired) electrons. The molecule has 0 spiro atoms. The van der Waals surface area contributed by atoms with Crippen molar-refractivity contribution < 1.29 is 14.3 Å². The smallest absolute Gasteiger partial charge is 0.318 e. The van der Waals surface area contributed by atoms with Crippen molar-refractivity contribution in [2.45, 2.75) is 56.7 Å². The summed E-state index contributed by atoms with van der Waals surface area (Å²) < 4.78 is 12.4. The topological polar surface area (TPSA) is 98.1 Å². The minimum Gasteiger partial charge on any atom is -0.462 e. The second-order valence-corrected chi connectivity index (χ2v) is 14.4. The van der Waals surface area contributed by atoms with Crippen LogP contribution in [0.5, 0.6) is 6.01 Å². The molecule has 1 unspecified atom stereocenters. The van der Waals surface area contributed by atoms with Crippen LogP contribution in [0.2, 0.25) is 5.02 Å². The van der Waals surface area contributed by atoms with Gasteiger partial charge in [0, 0.05) is 80.4 Å². The van der Waals surface area contributed by atoms with Gasteiger partial charge in [0.05, 0.1) is 29.9 Å². The number of carbonyl (C=O) groups is 1. The van der Waals surface area contributed by atoms with Crippen LogP contribution in [0.1, 0.15) is 43.0 Å². The van der Waals surface area contributed by atoms with E-state index in [9.17, 15) is 4.79 Å². The molecular weight excluding hydrogens is 706 g/mol. The highest BCUT2D eigenvalue weighted by atomic mass is 35.5. The molecule has 7 rings (SSSR count). The van der Waals surface area contributed by atoms with Gasteiger partial charge in [0.15, 0.2) is 0 Å². The molecule has 2 saturated heterocycles. The van der Waals surface area contributed by atoms with Gasteiger partial charge in [-0.1, -0.05) is 54.6 Å². The molecular formula is C41H48ClN7O3S. The first-order valence-corrected chi connectivity index (χ1v) is 19.2. The summed E-state index contributed by atoms with van der Waals surface area (Å²) in [6.45, 7) is 13.1. The zero-order valence-electron chi connectivity index (χ0n) is 30.4. The van der Waals surface area contributed by atoms with Gasteiger partial charge < -0.3 is 24.2 Å². The third-order valence-electron chi connectivity index (χ3n) is 10.1. The van der Waals surface area contributed by atoms with Crippen molar-refractivity contribution in [2.24, 2.45) is 0 Å². The minimum atomic E-state index is -0.0289. The van der Waals surface area contributed by atoms with Crippen LogP contribution in [0.25, 0.3) is 10.8 Å². The molecule has 1 aromatic heterocycles. The monoisotopic (exact) mass is 753 g/mol. The van der Waals surface area contributed by atoms with Gasteiger partial charge in [0.25, 0.3) is 0 Å². The van der Waals surface area contributed by atoms with Crippen LogP contribution in [0, 0.1) is 11.3 Å². The van der Waals surface area contributed by atoms with Gasteiger partial charge in [-0.2, -0.15) is 15.2 Å². The van der Waals surface area contributed by atoms with E-state index in [0.717, 1.165) is 94.3 Å². The molecule has 0 bridgehead atoms. The van der Waals surface area contributed by atoms with Crippen molar-refractivity contribution in [1.82, 2.24) is 19.8 Å². The maximum Gasteiger partial charge on any atom is 0.318 e. The third kappa shape index (κ3) is 9.61. The Labute approximate surface area is 323 Å². The quantitative estimate of drug-likeness (QED) is 0.0937. The number of benzene rings is 3. The zero-order valence-corrected chi connectivity index (χ0v) is 32.1. The molecule has 1 atom stereocenters. The normalized spacial score (nSPS) is 17.2. The lowest BCUT2D eigenvalue weighted by atomic mass is 10.0. The van der Waals surface area contributed by atoms with E-state index in [0.29, 0.717) is 64.6 Å². The van der Waals surface area contributed by atoms with Crippen molar-refractivity contribution in [3.05, 3.63) is 95.2 Å². The van der Waals surface area contributed by atoms with Crippen molar-refractivity contribution in [3.8, 4) is 12.1 Å². The Morgan fingerprint density at radius 3 is 2.60 bits per heavy atom. The number of anilines is 2. The van der Waals surface area contributed by atoms with Gasteiger partial charge in [-0.15, -0.1) is 12.6 Å². The molecule has 10 nitrogen and oxygen atoms in total. The van der Waals surface area contributed by atoms with Gasteiger partial charge in [-0.25, -0.2) is 0 Å². The van der Waals surface area contributed by atoms with E-state index in [1.54, 1.807) is 6.07 Å². The molecule has 278 valence electrons. The first-order chi connectivity index (χ1) is 25.9. The Bertz CT molecular complexity index is 1920. The number of nitriles is 1. The summed E-state index contributed by atoms with van der Waals surface area (Å²) in [4.78, 5) is 32.4. The summed E-state index contributed by atoms with van der Waals surface area (Å²) in [7, 11) is 0. The maximum absolute atomic E-state index is 12.3. The van der Waals surface area contributed by atoms with Crippen LogP contribution < -0.4 is 14.5 Å². The standard InChI is InChI=1S/C39H45ClN6O3S.C2H3N/c1-2-36(47)44-19-21-45(22-20-44)38-32-15-18-46(35-14-5-10-29-9-4-13-33(40)37(29)35)25-34(32)41-39(42-38)49-27-30-11-6-16-43(30)17-7-23-48-26-28-8-3-12-31(50)24-28;1-2-3/h2-5,8-10,12-14,24,30,50H,1,6-7,11,15-23,25-27H2;1H3. The first-order valence-electron chi connectivity index (χ1n) is 18.4. The molecule has 4 aromatic rings. The van der Waals surface area contributed by atoms with Crippen molar-refractivity contribution in [3.63, 3.8) is 0 Å². The number of hydrogen-bond donors (Lipinski definition) is 1. The lowest BCUT2D eigenvalue weighted by Gasteiger charge is -2.38. The number of rotatable bonds is 12. The molecule has 0 N–H and O–H groups in total. The Kier molecular flexibility index (Phi) is 13.5. The SMILES string of the molecule is C=CC(=O)N1CCN(c2nc(OCC3CCCN3CCCOCc3cccc(S)c3)nc3c2CCN(c2cccc4cccc(Cl)c24)C3)CC1.CC#N. The van der Waals surface area contributed by atoms with E-state index < -0.39 is 0 Å². The van der Waals surface area contributed by atoms with Gasteiger partial charge in [0.2, 0.25) is 5.91 Å². The average molecular weight is 754 g/mol. The lowest BCUT2D eigenvalue weighted by molar-refractivity contribution is -0.126. The van der Waals surface area contributed by atoms with Crippen LogP contribution in [-0.4, -0.2) is 90.7 Å². The third-order valence-corrected chi connectivity index (χ3v) is 10.7. The Hall–Kier alpha value is -4.34. The van der Waals surface area contributed by atoms with E-state index in [-0.39, 0.29) is 5.91 Å². The highest BCUT2D eigenvalue weighted by Gasteiger charge is 2.30. The average Bonchev–Trinajstić information content (AvgIpc) is 3.63. The number of fused-ring (bicyclic) bond motifs is 2. The second kappa shape index (κ2) is 18.6. The van der Waals surface area contributed by atoms with Crippen LogP contribution in [0.3, 0.4) is 0 Å². The number of hydrogen-bond acceptors (Lipinski definition) is 10. The van der Waals surface area contributed by atoms with E-state index >= 15 is 0 Å². The molecule has 1 amide bonds. The fraction of sp³-hybridized carbons (Fsp3) is 0.415. The van der Waals surface area contributed by atoms with Crippen molar-refractivity contribution in [2.75, 3.05) is 68.8 Å². The molecule has 0 saturated carbocycles. The summed E-state index contributed by atoms with van der Waals surface area (Å²) >= 11 is 11.2. The summed E-state index contributed by atoms with van der Waals surface area (Å²) in [5, 5.41) is 10.3. The lowest BCUT2D eigenvalue weighted by Crippen LogP contribution is -2.49. The highest BCUT2D eigenvalue weighted by Crippen LogP contribution is 2.37. The summed E-state index contributed by atoms with van der Waals surface area (Å²) in [6.07, 6.45) is 5.39. The number of ether oxygens (including phenoxy) is 2. The molecule has 2 fully saturated rings. The Morgan fingerprint density at radius 1 is 1.06 bits per heavy atom. The number of aromatic nitrogens is 2. The number of halogens is 1. The zero-order chi connectivity index (χ0) is 37.2. The van der Waals surface area contributed by atoms with E-state index in [1.807, 2.05) is 35.2 Å². The van der Waals surface area contributed by atoms with Gasteiger partial charge >= 0.3 is 6.01 Å². The fourth-order valence-electron chi connectivity index (χ4n) is 7.48. The number of thiol groups is 1. The summed E-state index contributed by atoms with van der Waals surface area (Å²) in [5.41, 5.74) is 4.39. The molecule has 12 heteroatoms. The fourth-order valence-corrected chi connectivity index (χ4v) is 8.01. The van der Waals surface area contributed by atoms with Gasteiger partial charge in [-0.3, -0.25) is 9.69 Å². The van der Waals surface area contributed by atoms with Crippen LogP contribution in [-0.2, 0) is 29.1 Å². The second-order valence-electron chi connectivity index (χ2n) is 13.5. The molecule has 3 aliphatic rings. The van der Waals surface area contributed by atoms with Gasteiger partial charge in [0.1, 0.15) is 12.4 Å². The Morgan fingerprint density at radius 2 is 1.83 bits per heavy atom. The van der Waals surface area contributed by atoms with Gasteiger partial charge in [-0.05, 0) is 73.5 Å². The number of amides is 1. The molecule has 4 heterocycles. The van der Waals surface area contributed by atoms with E-state index in [4.69, 9.17) is 36.3 Å².